The maximum Gasteiger partial charge on any atom is 0.143 e. The van der Waals surface area contributed by atoms with Crippen molar-refractivity contribution in [2.45, 2.75) is 52.0 Å². The van der Waals surface area contributed by atoms with Gasteiger partial charge in [0.2, 0.25) is 0 Å². The average molecular weight is 393 g/mol. The molecule has 0 saturated carbocycles. The van der Waals surface area contributed by atoms with Crippen molar-refractivity contribution >= 4 is 31.9 Å². The molecule has 0 aromatic heterocycles. The topological polar surface area (TPSA) is 32.3 Å². The zero-order valence-corrected chi connectivity index (χ0v) is 14.7. The number of benzene rings is 1. The van der Waals surface area contributed by atoms with Crippen LogP contribution < -0.4 is 5.32 Å². The van der Waals surface area contributed by atoms with Gasteiger partial charge in [-0.05, 0) is 62.5 Å². The van der Waals surface area contributed by atoms with Crippen molar-refractivity contribution in [1.29, 1.82) is 0 Å². The Morgan fingerprint density at radius 3 is 2.21 bits per heavy atom. The Morgan fingerprint density at radius 1 is 1.00 bits per heavy atom. The van der Waals surface area contributed by atoms with Gasteiger partial charge in [0.15, 0.2) is 0 Å². The van der Waals surface area contributed by atoms with E-state index in [1.165, 1.54) is 44.1 Å². The van der Waals surface area contributed by atoms with Gasteiger partial charge < -0.3 is 10.4 Å². The van der Waals surface area contributed by atoms with Crippen LogP contribution in [0.25, 0.3) is 0 Å². The summed E-state index contributed by atoms with van der Waals surface area (Å²) < 4.78 is 1.47. The Bertz CT molecular complexity index is 359. The zero-order valence-electron chi connectivity index (χ0n) is 11.5. The van der Waals surface area contributed by atoms with Gasteiger partial charge in [0, 0.05) is 6.54 Å². The van der Waals surface area contributed by atoms with Crippen molar-refractivity contribution in [2.75, 3.05) is 6.54 Å². The Morgan fingerprint density at radius 2 is 1.58 bits per heavy atom. The summed E-state index contributed by atoms with van der Waals surface area (Å²) in [6.45, 7) is 4.14. The SMILES string of the molecule is CCCCCCCCNCc1cc(Br)c(O)c(Br)c1. The lowest BCUT2D eigenvalue weighted by Crippen LogP contribution is -2.14. The minimum Gasteiger partial charge on any atom is -0.506 e. The van der Waals surface area contributed by atoms with Crippen LogP contribution in [0.1, 0.15) is 51.0 Å². The Labute approximate surface area is 133 Å². The third-order valence-corrected chi connectivity index (χ3v) is 4.32. The van der Waals surface area contributed by atoms with Gasteiger partial charge in [-0.1, -0.05) is 39.0 Å². The standard InChI is InChI=1S/C15H23Br2NO/c1-2-3-4-5-6-7-8-18-11-12-9-13(16)15(19)14(17)10-12/h9-10,18-19H,2-8,11H2,1H3. The van der Waals surface area contributed by atoms with E-state index in [0.29, 0.717) is 0 Å². The number of halogens is 2. The van der Waals surface area contributed by atoms with E-state index in [-0.39, 0.29) is 5.75 Å². The molecule has 0 heterocycles. The van der Waals surface area contributed by atoms with Crippen LogP contribution in [0.5, 0.6) is 5.75 Å². The first-order valence-corrected chi connectivity index (χ1v) is 8.61. The van der Waals surface area contributed by atoms with Crippen molar-refractivity contribution in [3.05, 3.63) is 26.6 Å². The van der Waals surface area contributed by atoms with Crippen LogP contribution in [0.3, 0.4) is 0 Å². The first-order chi connectivity index (χ1) is 9.15. The van der Waals surface area contributed by atoms with E-state index >= 15 is 0 Å². The fourth-order valence-electron chi connectivity index (χ4n) is 1.98. The summed E-state index contributed by atoms with van der Waals surface area (Å²) in [5, 5.41) is 13.1. The summed E-state index contributed by atoms with van der Waals surface area (Å²) >= 11 is 6.69. The summed E-state index contributed by atoms with van der Waals surface area (Å²) in [7, 11) is 0. The minimum absolute atomic E-state index is 0.264. The number of aromatic hydroxyl groups is 1. The second kappa shape index (κ2) is 9.78. The van der Waals surface area contributed by atoms with Crippen LogP contribution in [0.15, 0.2) is 21.1 Å². The molecule has 0 saturated heterocycles. The highest BCUT2D eigenvalue weighted by atomic mass is 79.9. The third kappa shape index (κ3) is 6.77. The van der Waals surface area contributed by atoms with E-state index in [4.69, 9.17) is 0 Å². The van der Waals surface area contributed by atoms with Crippen LogP contribution in [-0.4, -0.2) is 11.7 Å². The molecule has 0 radical (unpaired) electrons. The Balaban J connectivity index is 2.16. The molecular formula is C15H23Br2NO. The van der Waals surface area contributed by atoms with Crippen LogP contribution in [-0.2, 0) is 6.54 Å². The molecule has 0 aliphatic rings. The summed E-state index contributed by atoms with van der Waals surface area (Å²) in [5.41, 5.74) is 1.17. The van der Waals surface area contributed by atoms with Crippen molar-refractivity contribution in [3.8, 4) is 5.75 Å². The molecule has 0 aliphatic heterocycles. The highest BCUT2D eigenvalue weighted by molar-refractivity contribution is 9.11. The smallest absolute Gasteiger partial charge is 0.143 e. The maximum atomic E-state index is 9.63. The van der Waals surface area contributed by atoms with Crippen LogP contribution in [0, 0.1) is 0 Å². The molecule has 0 atom stereocenters. The molecule has 0 bridgehead atoms. The van der Waals surface area contributed by atoms with Gasteiger partial charge in [-0.2, -0.15) is 0 Å². The fraction of sp³-hybridized carbons (Fsp3) is 0.600. The highest BCUT2D eigenvalue weighted by Crippen LogP contribution is 2.33. The van der Waals surface area contributed by atoms with Crippen molar-refractivity contribution in [1.82, 2.24) is 5.32 Å². The molecule has 0 spiro atoms. The predicted octanol–water partition coefficient (Wildman–Crippen LogP) is 5.37. The van der Waals surface area contributed by atoms with Gasteiger partial charge in [-0.15, -0.1) is 0 Å². The van der Waals surface area contributed by atoms with Gasteiger partial charge in [0.25, 0.3) is 0 Å². The van der Waals surface area contributed by atoms with Crippen LogP contribution in [0.2, 0.25) is 0 Å². The van der Waals surface area contributed by atoms with Crippen LogP contribution >= 0.6 is 31.9 Å². The van der Waals surface area contributed by atoms with E-state index in [1.807, 2.05) is 12.1 Å². The second-order valence-corrected chi connectivity index (χ2v) is 6.56. The number of hydrogen-bond donors (Lipinski definition) is 2. The lowest BCUT2D eigenvalue weighted by atomic mass is 10.1. The summed E-state index contributed by atoms with van der Waals surface area (Å²) in [5.74, 6) is 0.264. The van der Waals surface area contributed by atoms with Gasteiger partial charge in [-0.3, -0.25) is 0 Å². The summed E-state index contributed by atoms with van der Waals surface area (Å²) in [4.78, 5) is 0. The summed E-state index contributed by atoms with van der Waals surface area (Å²) in [6, 6.07) is 3.91. The third-order valence-electron chi connectivity index (χ3n) is 3.11. The fourth-order valence-corrected chi connectivity index (χ4v) is 3.26. The molecule has 4 heteroatoms. The normalized spacial score (nSPS) is 10.9. The van der Waals surface area contributed by atoms with Crippen molar-refractivity contribution < 1.29 is 5.11 Å². The zero-order chi connectivity index (χ0) is 14.1. The van der Waals surface area contributed by atoms with Crippen LogP contribution in [0.4, 0.5) is 0 Å². The number of phenols is 1. The van der Waals surface area contributed by atoms with E-state index in [0.717, 1.165) is 22.0 Å². The first kappa shape index (κ1) is 17.0. The van der Waals surface area contributed by atoms with E-state index < -0.39 is 0 Å². The molecule has 0 unspecified atom stereocenters. The average Bonchev–Trinajstić information content (AvgIpc) is 2.39. The van der Waals surface area contributed by atoms with Crippen molar-refractivity contribution in [2.24, 2.45) is 0 Å². The molecule has 0 amide bonds. The molecule has 108 valence electrons. The second-order valence-electron chi connectivity index (χ2n) is 4.85. The molecule has 0 aliphatic carbocycles. The van der Waals surface area contributed by atoms with Gasteiger partial charge in [0.05, 0.1) is 8.95 Å². The first-order valence-electron chi connectivity index (χ1n) is 7.02. The Kier molecular flexibility index (Phi) is 8.75. The molecule has 1 aromatic carbocycles. The van der Waals surface area contributed by atoms with Gasteiger partial charge >= 0.3 is 0 Å². The molecule has 1 rings (SSSR count). The number of phenolic OH excluding ortho intramolecular Hbond substituents is 1. The lowest BCUT2D eigenvalue weighted by molar-refractivity contribution is 0.468. The predicted molar refractivity (Wildman–Crippen MR) is 88.6 cm³/mol. The molecule has 2 N–H and O–H groups in total. The molecule has 0 fully saturated rings. The molecule has 19 heavy (non-hydrogen) atoms. The Hall–Kier alpha value is -0.0600. The van der Waals surface area contributed by atoms with E-state index in [2.05, 4.69) is 44.1 Å². The minimum atomic E-state index is 0.264. The monoisotopic (exact) mass is 391 g/mol. The quantitative estimate of drug-likeness (QED) is 0.553. The maximum absolute atomic E-state index is 9.63. The molecule has 1 aromatic rings. The number of nitrogens with one attached hydrogen (secondary N) is 1. The molecular weight excluding hydrogens is 370 g/mol. The number of hydrogen-bond acceptors (Lipinski definition) is 2. The van der Waals surface area contributed by atoms with Gasteiger partial charge in [-0.25, -0.2) is 0 Å². The number of unbranched alkanes of at least 4 members (excludes halogenated alkanes) is 5. The van der Waals surface area contributed by atoms with E-state index in [1.54, 1.807) is 0 Å². The molecule has 2 nitrogen and oxygen atoms in total. The van der Waals surface area contributed by atoms with Gasteiger partial charge in [0.1, 0.15) is 5.75 Å². The number of rotatable bonds is 9. The highest BCUT2D eigenvalue weighted by Gasteiger charge is 2.05. The van der Waals surface area contributed by atoms with Crippen molar-refractivity contribution in [3.63, 3.8) is 0 Å². The van der Waals surface area contributed by atoms with E-state index in [9.17, 15) is 5.11 Å². The lowest BCUT2D eigenvalue weighted by Gasteiger charge is -2.08. The largest absolute Gasteiger partial charge is 0.506 e. The summed E-state index contributed by atoms with van der Waals surface area (Å²) in [6.07, 6.45) is 7.95.